The van der Waals surface area contributed by atoms with E-state index in [1.807, 2.05) is 0 Å². The van der Waals surface area contributed by atoms with Crippen molar-refractivity contribution >= 4 is 23.5 Å². The third-order valence-electron chi connectivity index (χ3n) is 3.54. The predicted octanol–water partition coefficient (Wildman–Crippen LogP) is 4.07. The lowest BCUT2D eigenvalue weighted by Crippen LogP contribution is -2.33. The Balaban J connectivity index is 2.16. The Morgan fingerprint density at radius 3 is 2.52 bits per heavy atom. The number of amides is 1. The van der Waals surface area contributed by atoms with Crippen molar-refractivity contribution in [2.45, 2.75) is 19.9 Å². The first-order chi connectivity index (χ1) is 12.0. The molecule has 0 radical (unpaired) electrons. The Bertz CT molecular complexity index is 734. The number of benzene rings is 2. The molecule has 0 aliphatic rings. The van der Waals surface area contributed by atoms with Crippen LogP contribution in [0.4, 0.5) is 4.39 Å². The van der Waals surface area contributed by atoms with Gasteiger partial charge in [0.15, 0.2) is 0 Å². The minimum Gasteiger partial charge on any atom is -0.466 e. The SMILES string of the molecule is CCOC(=O)CCN(Cc1ccc(Cl)cc1)C(=O)c1cccc(F)c1. The number of hydrogen-bond donors (Lipinski definition) is 0. The molecule has 2 rings (SSSR count). The molecule has 1 amide bonds. The second-order valence-corrected chi connectivity index (χ2v) is 5.85. The summed E-state index contributed by atoms with van der Waals surface area (Å²) in [6, 6.07) is 12.6. The summed E-state index contributed by atoms with van der Waals surface area (Å²) in [5.74, 6) is -1.21. The number of rotatable bonds is 7. The largest absolute Gasteiger partial charge is 0.466 e. The van der Waals surface area contributed by atoms with E-state index in [0.717, 1.165) is 5.56 Å². The van der Waals surface area contributed by atoms with Crippen molar-refractivity contribution in [2.24, 2.45) is 0 Å². The second kappa shape index (κ2) is 9.18. The Labute approximate surface area is 151 Å². The summed E-state index contributed by atoms with van der Waals surface area (Å²) in [4.78, 5) is 25.8. The molecule has 0 fully saturated rings. The van der Waals surface area contributed by atoms with E-state index >= 15 is 0 Å². The van der Waals surface area contributed by atoms with E-state index in [1.54, 1.807) is 37.3 Å². The standard InChI is InChI=1S/C19H19ClFNO3/c1-2-25-18(23)10-11-22(13-14-6-8-16(20)9-7-14)19(24)15-4-3-5-17(21)12-15/h3-9,12H,2,10-11,13H2,1H3. The maximum atomic E-state index is 13.4. The van der Waals surface area contributed by atoms with E-state index in [2.05, 4.69) is 0 Å². The smallest absolute Gasteiger partial charge is 0.307 e. The van der Waals surface area contributed by atoms with Gasteiger partial charge >= 0.3 is 5.97 Å². The van der Waals surface area contributed by atoms with Crippen LogP contribution in [-0.4, -0.2) is 29.9 Å². The van der Waals surface area contributed by atoms with E-state index in [9.17, 15) is 14.0 Å². The van der Waals surface area contributed by atoms with Crippen molar-refractivity contribution < 1.29 is 18.7 Å². The van der Waals surface area contributed by atoms with Crippen LogP contribution in [0.2, 0.25) is 5.02 Å². The maximum Gasteiger partial charge on any atom is 0.307 e. The van der Waals surface area contributed by atoms with Crippen molar-refractivity contribution in [2.75, 3.05) is 13.2 Å². The van der Waals surface area contributed by atoms with Crippen LogP contribution in [0.5, 0.6) is 0 Å². The molecule has 2 aromatic carbocycles. The Kier molecular flexibility index (Phi) is 6.95. The van der Waals surface area contributed by atoms with Crippen molar-refractivity contribution in [3.63, 3.8) is 0 Å². The minimum absolute atomic E-state index is 0.0719. The normalized spacial score (nSPS) is 10.4. The van der Waals surface area contributed by atoms with Gasteiger partial charge in [0, 0.05) is 23.7 Å². The van der Waals surface area contributed by atoms with Crippen molar-refractivity contribution in [3.8, 4) is 0 Å². The van der Waals surface area contributed by atoms with Gasteiger partial charge in [-0.25, -0.2) is 4.39 Å². The zero-order chi connectivity index (χ0) is 18.2. The Morgan fingerprint density at radius 1 is 1.16 bits per heavy atom. The predicted molar refractivity (Wildman–Crippen MR) is 93.8 cm³/mol. The zero-order valence-electron chi connectivity index (χ0n) is 13.9. The summed E-state index contributed by atoms with van der Waals surface area (Å²) in [6.07, 6.45) is 0.0719. The first-order valence-corrected chi connectivity index (χ1v) is 8.32. The molecule has 0 unspecified atom stereocenters. The molecule has 0 bridgehead atoms. The summed E-state index contributed by atoms with van der Waals surface area (Å²) in [6.45, 7) is 2.47. The molecule has 0 N–H and O–H groups in total. The highest BCUT2D eigenvalue weighted by Crippen LogP contribution is 2.15. The second-order valence-electron chi connectivity index (χ2n) is 5.42. The summed E-state index contributed by atoms with van der Waals surface area (Å²) in [5.41, 5.74) is 1.09. The highest BCUT2D eigenvalue weighted by molar-refractivity contribution is 6.30. The van der Waals surface area contributed by atoms with Crippen molar-refractivity contribution in [1.82, 2.24) is 4.90 Å². The van der Waals surface area contributed by atoms with Crippen LogP contribution in [0, 0.1) is 5.82 Å². The molecule has 25 heavy (non-hydrogen) atoms. The summed E-state index contributed by atoms with van der Waals surface area (Å²) in [5, 5.41) is 0.596. The molecule has 0 saturated carbocycles. The van der Waals surface area contributed by atoms with Gasteiger partial charge in [0.2, 0.25) is 0 Å². The van der Waals surface area contributed by atoms with Crippen LogP contribution in [0.3, 0.4) is 0 Å². The molecule has 132 valence electrons. The maximum absolute atomic E-state index is 13.4. The molecular formula is C19H19ClFNO3. The molecule has 0 heterocycles. The van der Waals surface area contributed by atoms with E-state index in [1.165, 1.54) is 23.1 Å². The molecule has 6 heteroatoms. The van der Waals surface area contributed by atoms with E-state index in [-0.39, 0.29) is 43.6 Å². The van der Waals surface area contributed by atoms with E-state index < -0.39 is 5.82 Å². The van der Waals surface area contributed by atoms with Crippen LogP contribution in [-0.2, 0) is 16.1 Å². The first kappa shape index (κ1) is 18.9. The van der Waals surface area contributed by atoms with Crippen LogP contribution >= 0.6 is 11.6 Å². The first-order valence-electron chi connectivity index (χ1n) is 7.94. The molecule has 0 aromatic heterocycles. The number of carbonyl (C=O) groups excluding carboxylic acids is 2. The fraction of sp³-hybridized carbons (Fsp3) is 0.263. The lowest BCUT2D eigenvalue weighted by molar-refractivity contribution is -0.143. The fourth-order valence-corrected chi connectivity index (χ4v) is 2.45. The van der Waals surface area contributed by atoms with Crippen molar-refractivity contribution in [3.05, 3.63) is 70.5 Å². The highest BCUT2D eigenvalue weighted by Gasteiger charge is 2.18. The Morgan fingerprint density at radius 2 is 1.88 bits per heavy atom. The molecule has 0 spiro atoms. The van der Waals surface area contributed by atoms with Gasteiger partial charge in [-0.15, -0.1) is 0 Å². The zero-order valence-corrected chi connectivity index (χ0v) is 14.6. The monoisotopic (exact) mass is 363 g/mol. The molecule has 0 aliphatic carbocycles. The fourth-order valence-electron chi connectivity index (χ4n) is 2.33. The van der Waals surface area contributed by atoms with Gasteiger partial charge in [-0.3, -0.25) is 9.59 Å². The topological polar surface area (TPSA) is 46.6 Å². The molecule has 2 aromatic rings. The van der Waals surface area contributed by atoms with Gasteiger partial charge in [-0.1, -0.05) is 29.8 Å². The lowest BCUT2D eigenvalue weighted by atomic mass is 10.1. The van der Waals surface area contributed by atoms with Gasteiger partial charge in [-0.05, 0) is 42.8 Å². The van der Waals surface area contributed by atoms with E-state index in [4.69, 9.17) is 16.3 Å². The third-order valence-corrected chi connectivity index (χ3v) is 3.79. The highest BCUT2D eigenvalue weighted by atomic mass is 35.5. The van der Waals surface area contributed by atoms with Crippen LogP contribution in [0.25, 0.3) is 0 Å². The Hall–Kier alpha value is -2.40. The van der Waals surface area contributed by atoms with Crippen molar-refractivity contribution in [1.29, 1.82) is 0 Å². The summed E-state index contributed by atoms with van der Waals surface area (Å²) >= 11 is 5.88. The number of carbonyl (C=O) groups is 2. The minimum atomic E-state index is -0.484. The van der Waals surface area contributed by atoms with Gasteiger partial charge in [0.1, 0.15) is 5.82 Å². The molecule has 4 nitrogen and oxygen atoms in total. The lowest BCUT2D eigenvalue weighted by Gasteiger charge is -2.23. The molecule has 0 aliphatic heterocycles. The third kappa shape index (κ3) is 5.87. The molecule has 0 atom stereocenters. The average Bonchev–Trinajstić information content (AvgIpc) is 2.60. The van der Waals surface area contributed by atoms with E-state index in [0.29, 0.717) is 5.02 Å². The quantitative estimate of drug-likeness (QED) is 0.696. The number of hydrogen-bond acceptors (Lipinski definition) is 3. The summed E-state index contributed by atoms with van der Waals surface area (Å²) in [7, 11) is 0. The van der Waals surface area contributed by atoms with Gasteiger partial charge < -0.3 is 9.64 Å². The van der Waals surface area contributed by atoms with Crippen LogP contribution < -0.4 is 0 Å². The van der Waals surface area contributed by atoms with Crippen LogP contribution in [0.15, 0.2) is 48.5 Å². The number of nitrogens with zero attached hydrogens (tertiary/aromatic N) is 1. The molecule has 0 saturated heterocycles. The van der Waals surface area contributed by atoms with Gasteiger partial charge in [0.05, 0.1) is 13.0 Å². The molecular weight excluding hydrogens is 345 g/mol. The van der Waals surface area contributed by atoms with Gasteiger partial charge in [-0.2, -0.15) is 0 Å². The average molecular weight is 364 g/mol. The van der Waals surface area contributed by atoms with Gasteiger partial charge in [0.25, 0.3) is 5.91 Å². The number of ether oxygens (including phenoxy) is 1. The number of halogens is 2. The number of esters is 1. The summed E-state index contributed by atoms with van der Waals surface area (Å²) < 4.78 is 18.3. The van der Waals surface area contributed by atoms with Crippen LogP contribution in [0.1, 0.15) is 29.3 Å².